The summed E-state index contributed by atoms with van der Waals surface area (Å²) < 4.78 is 13.3. The van der Waals surface area contributed by atoms with E-state index >= 15 is 0 Å². The number of ether oxygens (including phenoxy) is 1. The molecule has 0 saturated carbocycles. The normalized spacial score (nSPS) is 14.0. The van der Waals surface area contributed by atoms with E-state index in [1.165, 1.54) is 17.7 Å². The largest absolute Gasteiger partial charge is 0.448 e. The highest BCUT2D eigenvalue weighted by atomic mass is 79.9. The van der Waals surface area contributed by atoms with E-state index in [4.69, 9.17) is 9.15 Å². The number of nitrogens with one attached hydrogen (secondary N) is 1. The summed E-state index contributed by atoms with van der Waals surface area (Å²) in [6.07, 6.45) is 4.45. The average molecular weight is 424 g/mol. The fourth-order valence-electron chi connectivity index (χ4n) is 3.19. The molecule has 0 fully saturated rings. The van der Waals surface area contributed by atoms with Crippen LogP contribution in [0.3, 0.4) is 0 Å². The molecular formula is C17H18BrN3O3S. The van der Waals surface area contributed by atoms with E-state index in [0.717, 1.165) is 24.1 Å². The lowest BCUT2D eigenvalue weighted by molar-refractivity contribution is 0.101. The minimum Gasteiger partial charge on any atom is -0.448 e. The SMILES string of the molecule is COCCn1c(C(=O)Nc2nc3c(s2)CCCC3)cc2oc(Br)cc21. The minimum absolute atomic E-state index is 0.176. The number of hydrogen-bond donors (Lipinski definition) is 1. The van der Waals surface area contributed by atoms with Gasteiger partial charge in [-0.2, -0.15) is 0 Å². The Morgan fingerprint density at radius 1 is 1.44 bits per heavy atom. The Hall–Kier alpha value is -1.64. The second-order valence-electron chi connectivity index (χ2n) is 6.02. The van der Waals surface area contributed by atoms with Crippen molar-refractivity contribution < 1.29 is 13.9 Å². The van der Waals surface area contributed by atoms with Crippen molar-refractivity contribution in [1.82, 2.24) is 9.55 Å². The molecule has 25 heavy (non-hydrogen) atoms. The number of rotatable bonds is 5. The lowest BCUT2D eigenvalue weighted by Crippen LogP contribution is -2.18. The lowest BCUT2D eigenvalue weighted by atomic mass is 10.0. The topological polar surface area (TPSA) is 69.3 Å². The summed E-state index contributed by atoms with van der Waals surface area (Å²) in [5.74, 6) is -0.176. The zero-order valence-corrected chi connectivity index (χ0v) is 16.2. The van der Waals surface area contributed by atoms with E-state index in [-0.39, 0.29) is 5.91 Å². The Labute approximate surface area is 157 Å². The smallest absolute Gasteiger partial charge is 0.274 e. The van der Waals surface area contributed by atoms with E-state index in [1.807, 2.05) is 10.6 Å². The van der Waals surface area contributed by atoms with Crippen LogP contribution in [-0.4, -0.2) is 29.2 Å². The zero-order chi connectivity index (χ0) is 17.4. The van der Waals surface area contributed by atoms with Crippen LogP contribution in [-0.2, 0) is 24.1 Å². The second kappa shape index (κ2) is 6.93. The first-order valence-electron chi connectivity index (χ1n) is 8.23. The van der Waals surface area contributed by atoms with Gasteiger partial charge in [-0.15, -0.1) is 11.3 Å². The van der Waals surface area contributed by atoms with Gasteiger partial charge in [0, 0.05) is 30.7 Å². The molecule has 1 amide bonds. The number of thiazole rings is 1. The minimum atomic E-state index is -0.176. The number of carbonyl (C=O) groups excluding carboxylic acids is 1. The van der Waals surface area contributed by atoms with Gasteiger partial charge < -0.3 is 13.7 Å². The van der Waals surface area contributed by atoms with E-state index in [2.05, 4.69) is 26.2 Å². The van der Waals surface area contributed by atoms with Gasteiger partial charge in [-0.1, -0.05) is 0 Å². The van der Waals surface area contributed by atoms with Crippen LogP contribution in [0.4, 0.5) is 5.13 Å². The van der Waals surface area contributed by atoms with Crippen molar-refractivity contribution in [2.45, 2.75) is 32.2 Å². The van der Waals surface area contributed by atoms with Gasteiger partial charge in [0.2, 0.25) is 0 Å². The summed E-state index contributed by atoms with van der Waals surface area (Å²) in [4.78, 5) is 18.7. The molecule has 0 bridgehead atoms. The number of furan rings is 1. The summed E-state index contributed by atoms with van der Waals surface area (Å²) in [7, 11) is 1.64. The van der Waals surface area contributed by atoms with Gasteiger partial charge in [0.05, 0.1) is 17.8 Å². The first-order valence-corrected chi connectivity index (χ1v) is 9.84. The molecule has 1 aliphatic rings. The number of fused-ring (bicyclic) bond motifs is 2. The van der Waals surface area contributed by atoms with Crippen molar-refractivity contribution in [3.8, 4) is 0 Å². The fraction of sp³-hybridized carbons (Fsp3) is 0.412. The Morgan fingerprint density at radius 2 is 2.28 bits per heavy atom. The molecule has 1 N–H and O–H groups in total. The molecule has 0 atom stereocenters. The number of aryl methyl sites for hydroxylation is 2. The molecule has 0 aromatic carbocycles. The maximum atomic E-state index is 12.8. The average Bonchev–Trinajstić information content (AvgIpc) is 3.24. The number of hydrogen-bond acceptors (Lipinski definition) is 5. The molecule has 3 heterocycles. The van der Waals surface area contributed by atoms with Crippen molar-refractivity contribution in [2.75, 3.05) is 19.0 Å². The van der Waals surface area contributed by atoms with Gasteiger partial charge in [-0.25, -0.2) is 4.98 Å². The van der Waals surface area contributed by atoms with E-state index in [0.29, 0.717) is 34.2 Å². The van der Waals surface area contributed by atoms with Crippen molar-refractivity contribution in [2.24, 2.45) is 0 Å². The van der Waals surface area contributed by atoms with Crippen LogP contribution in [0.5, 0.6) is 0 Å². The van der Waals surface area contributed by atoms with Crippen molar-refractivity contribution in [3.05, 3.63) is 33.1 Å². The number of nitrogens with zero attached hydrogens (tertiary/aromatic N) is 2. The van der Waals surface area contributed by atoms with Crippen LogP contribution in [0, 0.1) is 0 Å². The Balaban J connectivity index is 1.62. The molecule has 132 valence electrons. The quantitative estimate of drug-likeness (QED) is 0.666. The highest BCUT2D eigenvalue weighted by Crippen LogP contribution is 2.31. The van der Waals surface area contributed by atoms with E-state index in [9.17, 15) is 4.79 Å². The van der Waals surface area contributed by atoms with Gasteiger partial charge in [-0.05, 0) is 41.6 Å². The number of halogens is 1. The molecular weight excluding hydrogens is 406 g/mol. The number of carbonyl (C=O) groups is 1. The predicted octanol–water partition coefficient (Wildman–Crippen LogP) is 4.23. The van der Waals surface area contributed by atoms with Crippen LogP contribution in [0.1, 0.15) is 33.9 Å². The third-order valence-electron chi connectivity index (χ3n) is 4.38. The standard InChI is InChI=1S/C17H18BrN3O3S/c1-23-7-6-21-11-9-15(18)24-13(11)8-12(21)16(22)20-17-19-10-4-2-3-5-14(10)25-17/h8-9H,2-7H2,1H3,(H,19,20,22). The maximum Gasteiger partial charge on any atom is 0.274 e. The molecule has 1 aliphatic carbocycles. The number of anilines is 1. The molecule has 0 spiro atoms. The first-order chi connectivity index (χ1) is 12.2. The van der Waals surface area contributed by atoms with E-state index < -0.39 is 0 Å². The highest BCUT2D eigenvalue weighted by molar-refractivity contribution is 9.10. The van der Waals surface area contributed by atoms with Crippen LogP contribution in [0.2, 0.25) is 0 Å². The van der Waals surface area contributed by atoms with Gasteiger partial charge >= 0.3 is 0 Å². The molecule has 3 aromatic rings. The molecule has 0 saturated heterocycles. The summed E-state index contributed by atoms with van der Waals surface area (Å²) in [6, 6.07) is 3.63. The maximum absolute atomic E-state index is 12.8. The number of methoxy groups -OCH3 is 1. The van der Waals surface area contributed by atoms with Crippen LogP contribution in [0.25, 0.3) is 11.1 Å². The van der Waals surface area contributed by atoms with Crippen molar-refractivity contribution >= 4 is 49.4 Å². The molecule has 0 unspecified atom stereocenters. The van der Waals surface area contributed by atoms with Gasteiger partial charge in [0.25, 0.3) is 5.91 Å². The van der Waals surface area contributed by atoms with Gasteiger partial charge in [-0.3, -0.25) is 10.1 Å². The van der Waals surface area contributed by atoms with Crippen LogP contribution < -0.4 is 5.32 Å². The molecule has 3 aromatic heterocycles. The summed E-state index contributed by atoms with van der Waals surface area (Å²) >= 11 is 4.92. The van der Waals surface area contributed by atoms with Crippen LogP contribution >= 0.6 is 27.3 Å². The monoisotopic (exact) mass is 423 g/mol. The van der Waals surface area contributed by atoms with Gasteiger partial charge in [0.1, 0.15) is 5.69 Å². The Morgan fingerprint density at radius 3 is 3.08 bits per heavy atom. The second-order valence-corrected chi connectivity index (χ2v) is 7.89. The summed E-state index contributed by atoms with van der Waals surface area (Å²) in [5.41, 5.74) is 3.23. The third kappa shape index (κ3) is 3.26. The van der Waals surface area contributed by atoms with Gasteiger partial charge in [0.15, 0.2) is 15.4 Å². The fourth-order valence-corrected chi connectivity index (χ4v) is 4.63. The van der Waals surface area contributed by atoms with Crippen molar-refractivity contribution in [3.63, 3.8) is 0 Å². The third-order valence-corrected chi connectivity index (χ3v) is 5.84. The Kier molecular flexibility index (Phi) is 4.66. The predicted molar refractivity (Wildman–Crippen MR) is 100 cm³/mol. The molecule has 6 nitrogen and oxygen atoms in total. The Bertz CT molecular complexity index is 904. The summed E-state index contributed by atoms with van der Waals surface area (Å²) in [5, 5.41) is 3.63. The molecule has 4 rings (SSSR count). The number of amides is 1. The van der Waals surface area contributed by atoms with Crippen molar-refractivity contribution in [1.29, 1.82) is 0 Å². The molecule has 8 heteroatoms. The van der Waals surface area contributed by atoms with Crippen LogP contribution in [0.15, 0.2) is 21.2 Å². The molecule has 0 radical (unpaired) electrons. The summed E-state index contributed by atoms with van der Waals surface area (Å²) in [6.45, 7) is 1.08. The zero-order valence-electron chi connectivity index (χ0n) is 13.8. The van der Waals surface area contributed by atoms with E-state index in [1.54, 1.807) is 24.5 Å². The highest BCUT2D eigenvalue weighted by Gasteiger charge is 2.21. The first kappa shape index (κ1) is 16.8. The molecule has 0 aliphatic heterocycles. The number of aromatic nitrogens is 2. The lowest BCUT2D eigenvalue weighted by Gasteiger charge is -2.08.